The molecule has 0 fully saturated rings. The lowest BCUT2D eigenvalue weighted by atomic mass is 10.0. The topological polar surface area (TPSA) is 85.9 Å². The van der Waals surface area contributed by atoms with Crippen LogP contribution in [0.1, 0.15) is 17.2 Å². The number of H-pyrrole nitrogens is 2. The normalized spacial score (nSPS) is 12.4. The average Bonchev–Trinajstić information content (AvgIpc) is 2.48. The van der Waals surface area contributed by atoms with Gasteiger partial charge in [0.25, 0.3) is 0 Å². The summed E-state index contributed by atoms with van der Waals surface area (Å²) in [6.45, 7) is 0. The number of nitrogens with one attached hydrogen (secondary N) is 2. The zero-order valence-electron chi connectivity index (χ0n) is 10.5. The summed E-state index contributed by atoms with van der Waals surface area (Å²) < 4.78 is 0. The minimum absolute atomic E-state index is 0.488. The Bertz CT molecular complexity index is 865. The molecule has 0 spiro atoms. The highest BCUT2D eigenvalue weighted by Crippen LogP contribution is 2.23. The number of aliphatic hydroxyl groups excluding tert-OH is 1. The number of aliphatic hydroxyl groups is 1. The van der Waals surface area contributed by atoms with Crippen LogP contribution in [0.15, 0.2) is 58.1 Å². The molecule has 0 aliphatic rings. The van der Waals surface area contributed by atoms with Crippen LogP contribution >= 0.6 is 0 Å². The van der Waals surface area contributed by atoms with Crippen molar-refractivity contribution in [1.29, 1.82) is 0 Å². The van der Waals surface area contributed by atoms with E-state index in [1.165, 1.54) is 0 Å². The zero-order chi connectivity index (χ0) is 14.1. The first-order chi connectivity index (χ1) is 9.65. The lowest BCUT2D eigenvalue weighted by Crippen LogP contribution is -2.28. The molecular weight excluding hydrogens is 256 g/mol. The second kappa shape index (κ2) is 4.79. The van der Waals surface area contributed by atoms with Gasteiger partial charge in [-0.1, -0.05) is 36.4 Å². The number of benzene rings is 2. The Hall–Kier alpha value is -2.66. The Morgan fingerprint density at radius 2 is 1.45 bits per heavy atom. The molecule has 3 rings (SSSR count). The van der Waals surface area contributed by atoms with Gasteiger partial charge in [-0.2, -0.15) is 0 Å². The Kier molecular flexibility index (Phi) is 2.96. The van der Waals surface area contributed by atoms with Gasteiger partial charge in [0, 0.05) is 0 Å². The monoisotopic (exact) mass is 268 g/mol. The number of aromatic nitrogens is 2. The predicted octanol–water partition coefficient (Wildman–Crippen LogP) is 1.30. The lowest BCUT2D eigenvalue weighted by Gasteiger charge is -2.11. The summed E-state index contributed by atoms with van der Waals surface area (Å²) >= 11 is 0. The van der Waals surface area contributed by atoms with Gasteiger partial charge in [-0.25, -0.2) is 0 Å². The van der Waals surface area contributed by atoms with Gasteiger partial charge in [0.1, 0.15) is 6.10 Å². The van der Waals surface area contributed by atoms with Crippen molar-refractivity contribution in [2.75, 3.05) is 0 Å². The fourth-order valence-corrected chi connectivity index (χ4v) is 2.13. The maximum atomic E-state index is 11.3. The smallest absolute Gasteiger partial charge is 0.314 e. The van der Waals surface area contributed by atoms with Crippen LogP contribution in [0, 0.1) is 0 Å². The summed E-state index contributed by atoms with van der Waals surface area (Å²) in [7, 11) is 0. The predicted molar refractivity (Wildman–Crippen MR) is 75.7 cm³/mol. The second-order valence-corrected chi connectivity index (χ2v) is 4.53. The minimum Gasteiger partial charge on any atom is -0.384 e. The van der Waals surface area contributed by atoms with E-state index in [-0.39, 0.29) is 0 Å². The SMILES string of the molecule is O=c1[nH]c2ccc(C(O)c3ccccc3)cc2[nH]c1=O. The fourth-order valence-electron chi connectivity index (χ4n) is 2.13. The van der Waals surface area contributed by atoms with E-state index in [0.717, 1.165) is 5.56 Å². The summed E-state index contributed by atoms with van der Waals surface area (Å²) in [6.07, 6.45) is -0.781. The summed E-state index contributed by atoms with van der Waals surface area (Å²) in [5.74, 6) is 0. The quantitative estimate of drug-likeness (QED) is 0.612. The summed E-state index contributed by atoms with van der Waals surface area (Å²) in [5.41, 5.74) is 1.03. The number of hydrogen-bond donors (Lipinski definition) is 3. The van der Waals surface area contributed by atoms with Crippen LogP contribution in [0.25, 0.3) is 11.0 Å². The molecule has 0 radical (unpaired) electrons. The molecule has 20 heavy (non-hydrogen) atoms. The molecule has 0 amide bonds. The molecule has 1 atom stereocenters. The van der Waals surface area contributed by atoms with Crippen LogP contribution in [-0.2, 0) is 0 Å². The number of rotatable bonds is 2. The maximum absolute atomic E-state index is 11.3. The molecular formula is C15H12N2O3. The number of aromatic amines is 2. The van der Waals surface area contributed by atoms with Crippen LogP contribution < -0.4 is 11.1 Å². The first-order valence-electron chi connectivity index (χ1n) is 6.14. The van der Waals surface area contributed by atoms with Crippen LogP contribution in [-0.4, -0.2) is 15.1 Å². The molecule has 2 aromatic carbocycles. The maximum Gasteiger partial charge on any atom is 0.314 e. The third-order valence-corrected chi connectivity index (χ3v) is 3.18. The van der Waals surface area contributed by atoms with Gasteiger partial charge in [0.2, 0.25) is 0 Å². The van der Waals surface area contributed by atoms with Crippen molar-refractivity contribution >= 4 is 11.0 Å². The van der Waals surface area contributed by atoms with E-state index in [1.807, 2.05) is 30.3 Å². The van der Waals surface area contributed by atoms with Gasteiger partial charge in [0.15, 0.2) is 0 Å². The van der Waals surface area contributed by atoms with Crippen LogP contribution in [0.2, 0.25) is 0 Å². The van der Waals surface area contributed by atoms with E-state index >= 15 is 0 Å². The first kappa shape index (κ1) is 12.4. The van der Waals surface area contributed by atoms with Crippen molar-refractivity contribution in [2.24, 2.45) is 0 Å². The van der Waals surface area contributed by atoms with E-state index in [9.17, 15) is 14.7 Å². The van der Waals surface area contributed by atoms with E-state index in [2.05, 4.69) is 9.97 Å². The highest BCUT2D eigenvalue weighted by atomic mass is 16.3. The Labute approximate surface area is 113 Å². The van der Waals surface area contributed by atoms with Gasteiger partial charge in [-0.15, -0.1) is 0 Å². The number of hydrogen-bond acceptors (Lipinski definition) is 3. The Morgan fingerprint density at radius 3 is 2.15 bits per heavy atom. The number of fused-ring (bicyclic) bond motifs is 1. The zero-order valence-corrected chi connectivity index (χ0v) is 10.5. The van der Waals surface area contributed by atoms with E-state index < -0.39 is 17.2 Å². The van der Waals surface area contributed by atoms with Crippen molar-refractivity contribution in [2.45, 2.75) is 6.10 Å². The summed E-state index contributed by atoms with van der Waals surface area (Å²) in [4.78, 5) is 27.5. The van der Waals surface area contributed by atoms with Crippen molar-refractivity contribution in [3.05, 3.63) is 80.4 Å². The van der Waals surface area contributed by atoms with Gasteiger partial charge >= 0.3 is 11.1 Å². The molecule has 0 bridgehead atoms. The fraction of sp³-hybridized carbons (Fsp3) is 0.0667. The van der Waals surface area contributed by atoms with Crippen molar-refractivity contribution < 1.29 is 5.11 Å². The largest absolute Gasteiger partial charge is 0.384 e. The lowest BCUT2D eigenvalue weighted by molar-refractivity contribution is 0.220. The van der Waals surface area contributed by atoms with Gasteiger partial charge in [-0.3, -0.25) is 9.59 Å². The minimum atomic E-state index is -0.781. The van der Waals surface area contributed by atoms with Crippen LogP contribution in [0.4, 0.5) is 0 Å². The molecule has 0 saturated carbocycles. The van der Waals surface area contributed by atoms with Gasteiger partial charge < -0.3 is 15.1 Å². The molecule has 3 N–H and O–H groups in total. The highest BCUT2D eigenvalue weighted by Gasteiger charge is 2.11. The third kappa shape index (κ3) is 2.15. The van der Waals surface area contributed by atoms with Gasteiger partial charge in [-0.05, 0) is 23.3 Å². The third-order valence-electron chi connectivity index (χ3n) is 3.18. The molecule has 1 heterocycles. The highest BCUT2D eigenvalue weighted by molar-refractivity contribution is 5.74. The van der Waals surface area contributed by atoms with E-state index in [0.29, 0.717) is 16.6 Å². The average molecular weight is 268 g/mol. The van der Waals surface area contributed by atoms with Gasteiger partial charge in [0.05, 0.1) is 11.0 Å². The molecule has 100 valence electrons. The molecule has 0 saturated heterocycles. The molecule has 1 unspecified atom stereocenters. The molecule has 0 aliphatic heterocycles. The first-order valence-corrected chi connectivity index (χ1v) is 6.14. The van der Waals surface area contributed by atoms with E-state index in [1.54, 1.807) is 18.2 Å². The second-order valence-electron chi connectivity index (χ2n) is 4.53. The Morgan fingerprint density at radius 1 is 0.800 bits per heavy atom. The van der Waals surface area contributed by atoms with Crippen molar-refractivity contribution in [3.63, 3.8) is 0 Å². The standard InChI is InChI=1S/C15H12N2O3/c18-13(9-4-2-1-3-5-9)10-6-7-11-12(8-10)17-15(20)14(19)16-11/h1-8,13,18H,(H,16,19)(H,17,20). The molecule has 3 aromatic rings. The Balaban J connectivity index is 2.11. The molecule has 5 nitrogen and oxygen atoms in total. The molecule has 5 heteroatoms. The van der Waals surface area contributed by atoms with Crippen LogP contribution in [0.5, 0.6) is 0 Å². The van der Waals surface area contributed by atoms with Crippen molar-refractivity contribution in [3.8, 4) is 0 Å². The van der Waals surface area contributed by atoms with E-state index in [4.69, 9.17) is 0 Å². The summed E-state index contributed by atoms with van der Waals surface area (Å²) in [6, 6.07) is 14.2. The van der Waals surface area contributed by atoms with Crippen LogP contribution in [0.3, 0.4) is 0 Å². The molecule has 0 aliphatic carbocycles. The van der Waals surface area contributed by atoms with Crippen molar-refractivity contribution in [1.82, 2.24) is 9.97 Å². The molecule has 1 aromatic heterocycles. The summed E-state index contributed by atoms with van der Waals surface area (Å²) in [5, 5.41) is 10.3.